The van der Waals surface area contributed by atoms with Crippen LogP contribution < -0.4 is 10.9 Å². The fraction of sp³-hybridized carbons (Fsp3) is 0.214. The number of benzene rings is 1. The van der Waals surface area contributed by atoms with Crippen molar-refractivity contribution < 1.29 is 0 Å². The van der Waals surface area contributed by atoms with Crippen LogP contribution in [0.25, 0.3) is 10.8 Å². The largest absolute Gasteiger partial charge is 0.374 e. The fourth-order valence-electron chi connectivity index (χ4n) is 1.68. The molecule has 2 rings (SSSR count). The van der Waals surface area contributed by atoms with Crippen molar-refractivity contribution in [2.45, 2.75) is 6.92 Å². The molecule has 0 aliphatic rings. The normalized spacial score (nSPS) is 9.76. The van der Waals surface area contributed by atoms with Gasteiger partial charge in [-0.05, 0) is 30.5 Å². The average molecular weight is 226 g/mol. The number of pyridine rings is 1. The van der Waals surface area contributed by atoms with E-state index in [0.29, 0.717) is 6.54 Å². The van der Waals surface area contributed by atoms with Crippen LogP contribution in [0.4, 0.5) is 5.69 Å². The van der Waals surface area contributed by atoms with E-state index in [2.05, 4.69) is 17.2 Å². The third-order valence-corrected chi connectivity index (χ3v) is 2.64. The minimum atomic E-state index is 0.0210. The van der Waals surface area contributed by atoms with Gasteiger partial charge in [-0.2, -0.15) is 0 Å². The average Bonchev–Trinajstić information content (AvgIpc) is 2.35. The topological polar surface area (TPSA) is 34.0 Å². The molecule has 1 heterocycles. The van der Waals surface area contributed by atoms with Crippen LogP contribution in [0, 0.1) is 11.8 Å². The molecule has 0 spiro atoms. The highest BCUT2D eigenvalue weighted by Gasteiger charge is 2.01. The summed E-state index contributed by atoms with van der Waals surface area (Å²) in [6, 6.07) is 7.71. The minimum absolute atomic E-state index is 0.0210. The van der Waals surface area contributed by atoms with Gasteiger partial charge in [-0.15, -0.1) is 5.92 Å². The summed E-state index contributed by atoms with van der Waals surface area (Å²) in [5.74, 6) is 5.74. The Balaban J connectivity index is 2.44. The van der Waals surface area contributed by atoms with Crippen molar-refractivity contribution >= 4 is 16.5 Å². The Morgan fingerprint density at radius 2 is 2.18 bits per heavy atom. The standard InChI is InChI=1S/C14H14N2O/c1-3-4-8-15-12-6-5-11-7-9-16(2)14(17)13(11)10-12/h5-7,9-10,15H,8H2,1-2H3. The summed E-state index contributed by atoms with van der Waals surface area (Å²) in [5.41, 5.74) is 0.941. The Morgan fingerprint density at radius 1 is 1.35 bits per heavy atom. The number of rotatable bonds is 2. The zero-order chi connectivity index (χ0) is 12.3. The first-order valence-electron chi connectivity index (χ1n) is 5.45. The first-order chi connectivity index (χ1) is 8.22. The van der Waals surface area contributed by atoms with E-state index in [9.17, 15) is 4.79 Å². The van der Waals surface area contributed by atoms with Gasteiger partial charge < -0.3 is 9.88 Å². The van der Waals surface area contributed by atoms with E-state index in [0.717, 1.165) is 16.5 Å². The lowest BCUT2D eigenvalue weighted by Gasteiger charge is -2.05. The lowest BCUT2D eigenvalue weighted by molar-refractivity contribution is 0.873. The lowest BCUT2D eigenvalue weighted by atomic mass is 10.1. The second-order valence-electron chi connectivity index (χ2n) is 3.81. The third-order valence-electron chi connectivity index (χ3n) is 2.64. The maximum absolute atomic E-state index is 11.9. The lowest BCUT2D eigenvalue weighted by Crippen LogP contribution is -2.15. The van der Waals surface area contributed by atoms with Crippen molar-refractivity contribution in [3.05, 3.63) is 40.8 Å². The number of hydrogen-bond acceptors (Lipinski definition) is 2. The molecule has 0 aliphatic carbocycles. The van der Waals surface area contributed by atoms with Crippen molar-refractivity contribution in [1.29, 1.82) is 0 Å². The highest BCUT2D eigenvalue weighted by atomic mass is 16.1. The molecule has 3 heteroatoms. The van der Waals surface area contributed by atoms with Gasteiger partial charge in [0.2, 0.25) is 0 Å². The molecule has 1 aromatic heterocycles. The van der Waals surface area contributed by atoms with Gasteiger partial charge in [0.25, 0.3) is 5.56 Å². The molecule has 0 radical (unpaired) electrons. The van der Waals surface area contributed by atoms with Crippen molar-refractivity contribution in [2.24, 2.45) is 7.05 Å². The molecule has 1 N–H and O–H groups in total. The summed E-state index contributed by atoms with van der Waals surface area (Å²) in [6.07, 6.45) is 1.78. The first kappa shape index (κ1) is 11.3. The van der Waals surface area contributed by atoms with Crippen LogP contribution in [-0.4, -0.2) is 11.1 Å². The number of nitrogens with one attached hydrogen (secondary N) is 1. The van der Waals surface area contributed by atoms with Crippen molar-refractivity contribution in [3.8, 4) is 11.8 Å². The van der Waals surface area contributed by atoms with E-state index < -0.39 is 0 Å². The maximum Gasteiger partial charge on any atom is 0.258 e. The fourth-order valence-corrected chi connectivity index (χ4v) is 1.68. The van der Waals surface area contributed by atoms with Gasteiger partial charge in [0.15, 0.2) is 0 Å². The van der Waals surface area contributed by atoms with E-state index in [1.807, 2.05) is 24.3 Å². The predicted molar refractivity (Wildman–Crippen MR) is 71.1 cm³/mol. The molecule has 86 valence electrons. The molecule has 2 aromatic rings. The van der Waals surface area contributed by atoms with Gasteiger partial charge in [-0.1, -0.05) is 12.0 Å². The second-order valence-corrected chi connectivity index (χ2v) is 3.81. The quantitative estimate of drug-likeness (QED) is 0.794. The van der Waals surface area contributed by atoms with E-state index >= 15 is 0 Å². The highest BCUT2D eigenvalue weighted by Crippen LogP contribution is 2.15. The van der Waals surface area contributed by atoms with E-state index in [1.165, 1.54) is 0 Å². The van der Waals surface area contributed by atoms with Crippen LogP contribution in [-0.2, 0) is 7.05 Å². The zero-order valence-electron chi connectivity index (χ0n) is 9.95. The van der Waals surface area contributed by atoms with E-state index in [-0.39, 0.29) is 5.56 Å². The van der Waals surface area contributed by atoms with E-state index in [1.54, 1.807) is 24.7 Å². The summed E-state index contributed by atoms with van der Waals surface area (Å²) in [4.78, 5) is 11.9. The van der Waals surface area contributed by atoms with Gasteiger partial charge >= 0.3 is 0 Å². The molecule has 0 atom stereocenters. The van der Waals surface area contributed by atoms with Crippen molar-refractivity contribution in [3.63, 3.8) is 0 Å². The Kier molecular flexibility index (Phi) is 3.15. The second kappa shape index (κ2) is 4.75. The molecular weight excluding hydrogens is 212 g/mol. The van der Waals surface area contributed by atoms with Crippen molar-refractivity contribution in [2.75, 3.05) is 11.9 Å². The molecule has 0 amide bonds. The summed E-state index contributed by atoms with van der Waals surface area (Å²) in [7, 11) is 1.75. The molecule has 0 aliphatic heterocycles. The summed E-state index contributed by atoms with van der Waals surface area (Å²) >= 11 is 0. The van der Waals surface area contributed by atoms with Crippen LogP contribution >= 0.6 is 0 Å². The number of anilines is 1. The molecular formula is C14H14N2O. The summed E-state index contributed by atoms with van der Waals surface area (Å²) < 4.78 is 1.58. The summed E-state index contributed by atoms with van der Waals surface area (Å²) in [6.45, 7) is 2.40. The number of hydrogen-bond donors (Lipinski definition) is 1. The van der Waals surface area contributed by atoms with Gasteiger partial charge in [0.1, 0.15) is 0 Å². The summed E-state index contributed by atoms with van der Waals surface area (Å²) in [5, 5.41) is 4.85. The van der Waals surface area contributed by atoms with Crippen LogP contribution in [0.15, 0.2) is 35.3 Å². The molecule has 0 bridgehead atoms. The number of aromatic nitrogens is 1. The predicted octanol–water partition coefficient (Wildman–Crippen LogP) is 1.97. The Morgan fingerprint density at radius 3 is 2.94 bits per heavy atom. The van der Waals surface area contributed by atoms with Crippen LogP contribution in [0.5, 0.6) is 0 Å². The SMILES string of the molecule is CC#CCNc1ccc2ccn(C)c(=O)c2c1. The minimum Gasteiger partial charge on any atom is -0.374 e. The molecule has 0 saturated heterocycles. The highest BCUT2D eigenvalue weighted by molar-refractivity contribution is 5.84. The number of aryl methyl sites for hydroxylation is 1. The van der Waals surface area contributed by atoms with Gasteiger partial charge in [0, 0.05) is 24.3 Å². The van der Waals surface area contributed by atoms with E-state index in [4.69, 9.17) is 0 Å². The Hall–Kier alpha value is -2.21. The molecule has 17 heavy (non-hydrogen) atoms. The Labute approximate surface area is 100 Å². The van der Waals surface area contributed by atoms with Gasteiger partial charge in [-0.25, -0.2) is 0 Å². The number of fused-ring (bicyclic) bond motifs is 1. The van der Waals surface area contributed by atoms with Gasteiger partial charge in [0.05, 0.1) is 6.54 Å². The van der Waals surface area contributed by atoms with Crippen LogP contribution in [0.3, 0.4) is 0 Å². The number of nitrogens with zero attached hydrogens (tertiary/aromatic N) is 1. The molecule has 1 aromatic carbocycles. The first-order valence-corrected chi connectivity index (χ1v) is 5.45. The van der Waals surface area contributed by atoms with Gasteiger partial charge in [-0.3, -0.25) is 4.79 Å². The monoisotopic (exact) mass is 226 g/mol. The zero-order valence-corrected chi connectivity index (χ0v) is 9.95. The smallest absolute Gasteiger partial charge is 0.258 e. The maximum atomic E-state index is 11.9. The molecule has 0 fully saturated rings. The molecule has 0 saturated carbocycles. The molecule has 3 nitrogen and oxygen atoms in total. The van der Waals surface area contributed by atoms with Crippen LogP contribution in [0.1, 0.15) is 6.92 Å². The third kappa shape index (κ3) is 2.31. The molecule has 0 unspecified atom stereocenters. The Bertz CT molecular complexity index is 659. The van der Waals surface area contributed by atoms with Crippen molar-refractivity contribution in [1.82, 2.24) is 4.57 Å². The van der Waals surface area contributed by atoms with Crippen LogP contribution in [0.2, 0.25) is 0 Å².